The number of anilines is 1. The molecule has 1 fully saturated rings. The van der Waals surface area contributed by atoms with E-state index >= 15 is 0 Å². The Hall–Kier alpha value is -3.31. The Balaban J connectivity index is 1.45. The predicted molar refractivity (Wildman–Crippen MR) is 107 cm³/mol. The van der Waals surface area contributed by atoms with E-state index < -0.39 is 18.5 Å². The highest BCUT2D eigenvalue weighted by molar-refractivity contribution is 5.85. The van der Waals surface area contributed by atoms with E-state index in [2.05, 4.69) is 25.4 Å². The molecular formula is C20H18F5N7. The second-order valence-electron chi connectivity index (χ2n) is 7.95. The van der Waals surface area contributed by atoms with Gasteiger partial charge in [0.2, 0.25) is 5.95 Å². The first-order chi connectivity index (χ1) is 15.1. The highest BCUT2D eigenvalue weighted by Gasteiger charge is 2.47. The van der Waals surface area contributed by atoms with Crippen molar-refractivity contribution in [2.45, 2.75) is 44.3 Å². The zero-order valence-electron chi connectivity index (χ0n) is 16.9. The van der Waals surface area contributed by atoms with Crippen molar-refractivity contribution < 1.29 is 22.0 Å². The summed E-state index contributed by atoms with van der Waals surface area (Å²) in [6.07, 6.45) is -0.884. The summed E-state index contributed by atoms with van der Waals surface area (Å²) in [6, 6.07) is 3.31. The number of nitrogens with one attached hydrogen (secondary N) is 1. The van der Waals surface area contributed by atoms with Crippen molar-refractivity contribution >= 4 is 22.6 Å². The summed E-state index contributed by atoms with van der Waals surface area (Å²) in [5.41, 5.74) is 3.27. The smallest absolute Gasteiger partial charge is 0.353 e. The van der Waals surface area contributed by atoms with Gasteiger partial charge in [0, 0.05) is 48.9 Å². The Bertz CT molecular complexity index is 1300. The summed E-state index contributed by atoms with van der Waals surface area (Å²) in [5, 5.41) is 6.76. The van der Waals surface area contributed by atoms with Crippen LogP contribution in [0.2, 0.25) is 0 Å². The lowest BCUT2D eigenvalue weighted by Gasteiger charge is -2.36. The summed E-state index contributed by atoms with van der Waals surface area (Å²) < 4.78 is 67.1. The normalized spacial score (nSPS) is 16.6. The van der Waals surface area contributed by atoms with E-state index in [1.807, 2.05) is 6.07 Å². The van der Waals surface area contributed by atoms with Crippen LogP contribution in [0, 0.1) is 6.92 Å². The number of aromatic nitrogens is 6. The van der Waals surface area contributed by atoms with E-state index in [0.29, 0.717) is 22.5 Å². The number of aryl methyl sites for hydroxylation is 1. The highest BCUT2D eigenvalue weighted by Crippen LogP contribution is 2.47. The second-order valence-corrected chi connectivity index (χ2v) is 7.95. The average Bonchev–Trinajstić information content (AvgIpc) is 3.24. The minimum Gasteiger partial charge on any atom is -0.353 e. The van der Waals surface area contributed by atoms with Crippen molar-refractivity contribution in [3.8, 4) is 11.1 Å². The summed E-state index contributed by atoms with van der Waals surface area (Å²) in [6.45, 7) is 1.44. The molecule has 168 valence electrons. The molecule has 0 atom stereocenters. The molecule has 0 radical (unpaired) electrons. The molecule has 0 bridgehead atoms. The number of alkyl halides is 5. The Labute approximate surface area is 178 Å². The molecule has 4 heterocycles. The number of hydrogen-bond donors (Lipinski definition) is 1. The largest absolute Gasteiger partial charge is 0.390 e. The van der Waals surface area contributed by atoms with Gasteiger partial charge in [0.1, 0.15) is 5.82 Å². The Morgan fingerprint density at radius 2 is 1.94 bits per heavy atom. The molecule has 0 aliphatic heterocycles. The zero-order valence-corrected chi connectivity index (χ0v) is 16.9. The lowest BCUT2D eigenvalue weighted by molar-refractivity contribution is -0.131. The third-order valence-electron chi connectivity index (χ3n) is 5.58. The van der Waals surface area contributed by atoms with Crippen LogP contribution in [0.1, 0.15) is 31.1 Å². The fraction of sp³-hybridized carbons (Fsp3) is 0.400. The van der Waals surface area contributed by atoms with Gasteiger partial charge in [-0.3, -0.25) is 0 Å². The first-order valence-electron chi connectivity index (χ1n) is 9.97. The van der Waals surface area contributed by atoms with Crippen LogP contribution < -0.4 is 5.32 Å². The first kappa shape index (κ1) is 20.6. The van der Waals surface area contributed by atoms with Crippen LogP contribution in [0.15, 0.2) is 30.7 Å². The summed E-state index contributed by atoms with van der Waals surface area (Å²) in [5.74, 6) is -1.94. The molecule has 1 aliphatic carbocycles. The fourth-order valence-corrected chi connectivity index (χ4v) is 4.05. The molecule has 1 saturated carbocycles. The second kappa shape index (κ2) is 7.10. The number of rotatable bonds is 5. The van der Waals surface area contributed by atoms with Crippen molar-refractivity contribution in [1.82, 2.24) is 29.1 Å². The van der Waals surface area contributed by atoms with Gasteiger partial charge in [0.25, 0.3) is 5.92 Å². The number of nitrogens with zero attached hydrogens (tertiary/aromatic N) is 6. The van der Waals surface area contributed by atoms with Crippen LogP contribution in [0.5, 0.6) is 0 Å². The summed E-state index contributed by atoms with van der Waals surface area (Å²) in [7, 11) is 0. The van der Waals surface area contributed by atoms with Crippen LogP contribution in [-0.4, -0.2) is 47.8 Å². The number of imidazole rings is 1. The summed E-state index contributed by atoms with van der Waals surface area (Å²) >= 11 is 0. The van der Waals surface area contributed by atoms with Gasteiger partial charge >= 0.3 is 6.18 Å². The van der Waals surface area contributed by atoms with E-state index in [-0.39, 0.29) is 31.4 Å². The van der Waals surface area contributed by atoms with E-state index in [0.717, 1.165) is 11.1 Å². The molecule has 0 spiro atoms. The molecule has 1 N–H and O–H groups in total. The van der Waals surface area contributed by atoms with Crippen molar-refractivity contribution in [3.63, 3.8) is 0 Å². The van der Waals surface area contributed by atoms with Crippen molar-refractivity contribution in [3.05, 3.63) is 36.5 Å². The number of halogens is 5. The van der Waals surface area contributed by atoms with Crippen LogP contribution in [0.25, 0.3) is 27.8 Å². The lowest BCUT2D eigenvalue weighted by Crippen LogP contribution is -2.37. The molecule has 0 amide bonds. The van der Waals surface area contributed by atoms with E-state index in [1.54, 1.807) is 30.0 Å². The molecule has 0 aromatic carbocycles. The number of hydrogen-bond acceptors (Lipinski definition) is 5. The topological polar surface area (TPSA) is 72.9 Å². The maximum absolute atomic E-state index is 13.4. The van der Waals surface area contributed by atoms with Gasteiger partial charge in [-0.15, -0.1) is 5.10 Å². The zero-order chi connectivity index (χ0) is 22.7. The molecule has 0 saturated heterocycles. The monoisotopic (exact) mass is 451 g/mol. The molecule has 4 aromatic heterocycles. The SMILES string of the molecule is Cc1nc2ncc(-c3ccn4nc(NCCC(F)(F)F)ncc34)cc2n1C1CC(F)(F)C1. The highest BCUT2D eigenvalue weighted by atomic mass is 19.4. The number of fused-ring (bicyclic) bond motifs is 2. The van der Waals surface area contributed by atoms with Gasteiger partial charge in [-0.05, 0) is 19.1 Å². The third-order valence-corrected chi connectivity index (χ3v) is 5.58. The van der Waals surface area contributed by atoms with Crippen molar-refractivity contribution in [2.75, 3.05) is 11.9 Å². The minimum absolute atomic E-state index is 0.0806. The van der Waals surface area contributed by atoms with E-state index in [9.17, 15) is 22.0 Å². The molecule has 0 unspecified atom stereocenters. The van der Waals surface area contributed by atoms with Crippen LogP contribution >= 0.6 is 0 Å². The molecule has 7 nitrogen and oxygen atoms in total. The van der Waals surface area contributed by atoms with Gasteiger partial charge in [0.15, 0.2) is 5.65 Å². The van der Waals surface area contributed by atoms with Crippen LogP contribution in [0.4, 0.5) is 27.9 Å². The molecule has 5 rings (SSSR count). The fourth-order valence-electron chi connectivity index (χ4n) is 4.05. The van der Waals surface area contributed by atoms with Crippen molar-refractivity contribution in [1.29, 1.82) is 0 Å². The number of pyridine rings is 1. The van der Waals surface area contributed by atoms with Gasteiger partial charge < -0.3 is 9.88 Å². The van der Waals surface area contributed by atoms with Crippen molar-refractivity contribution in [2.24, 2.45) is 0 Å². The van der Waals surface area contributed by atoms with Gasteiger partial charge in [0.05, 0.1) is 23.7 Å². The molecular weight excluding hydrogens is 433 g/mol. The first-order valence-corrected chi connectivity index (χ1v) is 9.97. The van der Waals surface area contributed by atoms with Gasteiger partial charge in [-0.2, -0.15) is 13.2 Å². The summed E-state index contributed by atoms with van der Waals surface area (Å²) in [4.78, 5) is 12.9. The third kappa shape index (κ3) is 3.73. The maximum Gasteiger partial charge on any atom is 0.390 e. The van der Waals surface area contributed by atoms with Gasteiger partial charge in [-0.1, -0.05) is 0 Å². The Morgan fingerprint density at radius 1 is 1.16 bits per heavy atom. The minimum atomic E-state index is -4.26. The van der Waals surface area contributed by atoms with E-state index in [1.165, 1.54) is 10.7 Å². The Kier molecular flexibility index (Phi) is 4.57. The standard InChI is InChI=1S/C20H18F5N7/c1-11-29-17-15(32(11)13-7-19(21,22)8-13)6-12(9-27-17)14-2-5-31-16(14)10-28-18(30-31)26-4-3-20(23,24)25/h2,5-6,9-10,13H,3-4,7-8H2,1H3,(H,26,30). The lowest BCUT2D eigenvalue weighted by atomic mass is 9.87. The average molecular weight is 451 g/mol. The predicted octanol–water partition coefficient (Wildman–Crippen LogP) is 4.78. The van der Waals surface area contributed by atoms with Gasteiger partial charge in [-0.25, -0.2) is 28.2 Å². The van der Waals surface area contributed by atoms with Crippen LogP contribution in [0.3, 0.4) is 0 Å². The van der Waals surface area contributed by atoms with Crippen LogP contribution in [-0.2, 0) is 0 Å². The molecule has 4 aromatic rings. The quantitative estimate of drug-likeness (QED) is 0.442. The molecule has 12 heteroatoms. The Morgan fingerprint density at radius 3 is 2.66 bits per heavy atom. The maximum atomic E-state index is 13.4. The molecule has 32 heavy (non-hydrogen) atoms. The molecule has 1 aliphatic rings. The van der Waals surface area contributed by atoms with E-state index in [4.69, 9.17) is 0 Å².